The number of nitrogens with two attached hydrogens (primary N) is 1. The van der Waals surface area contributed by atoms with Gasteiger partial charge in [0.2, 0.25) is 0 Å². The summed E-state index contributed by atoms with van der Waals surface area (Å²) in [6.45, 7) is 0.970. The Morgan fingerprint density at radius 2 is 1.57 bits per heavy atom. The number of carbonyl (C=O) groups is 3. The van der Waals surface area contributed by atoms with Crippen LogP contribution in [0.5, 0.6) is 0 Å². The van der Waals surface area contributed by atoms with Crippen molar-refractivity contribution in [2.45, 2.75) is 44.9 Å². The second-order valence-corrected chi connectivity index (χ2v) is 8.27. The molecule has 3 aromatic rings. The van der Waals surface area contributed by atoms with Gasteiger partial charge in [0.1, 0.15) is 25.5 Å². The molecule has 37 heavy (non-hydrogen) atoms. The number of carbonyl (C=O) groups excluding carboxylic acids is 3. The minimum Gasteiger partial charge on any atom is -0.459 e. The maximum absolute atomic E-state index is 12.8. The quantitative estimate of drug-likeness (QED) is 0.222. The van der Waals surface area contributed by atoms with Gasteiger partial charge in [-0.05, 0) is 30.4 Å². The first-order valence-electron chi connectivity index (χ1n) is 12.2. The highest BCUT2D eigenvalue weighted by Gasteiger charge is 2.24. The van der Waals surface area contributed by atoms with Gasteiger partial charge in [0.15, 0.2) is 11.6 Å². The molecule has 0 fully saturated rings. The number of oxazole rings is 1. The lowest BCUT2D eigenvalue weighted by molar-refractivity contribution is -0.147. The standard InChI is InChI=1S/C27H32N4O6/c28-15-14-24-30-23(19-35-24)25(32)31-22(26(33)36-17-20-9-3-1-4-10-20)13-7-8-16-29-27(34)37-18-21-11-5-2-6-12-21/h1-6,9-12,19,22H,7-8,13-18,28H2,(H,29,34)(H,31,32). The van der Waals surface area contributed by atoms with Gasteiger partial charge >= 0.3 is 12.1 Å². The Balaban J connectivity index is 1.47. The Bertz CT molecular complexity index is 1120. The molecule has 196 valence electrons. The summed E-state index contributed by atoms with van der Waals surface area (Å²) in [6, 6.07) is 17.8. The number of ether oxygens (including phenoxy) is 2. The summed E-state index contributed by atoms with van der Waals surface area (Å²) in [6.07, 6.45) is 2.54. The summed E-state index contributed by atoms with van der Waals surface area (Å²) in [4.78, 5) is 41.5. The number of hydrogen-bond donors (Lipinski definition) is 3. The number of rotatable bonds is 14. The van der Waals surface area contributed by atoms with Crippen molar-refractivity contribution in [3.05, 3.63) is 89.6 Å². The van der Waals surface area contributed by atoms with Crippen molar-refractivity contribution in [2.24, 2.45) is 5.73 Å². The fraction of sp³-hybridized carbons (Fsp3) is 0.333. The van der Waals surface area contributed by atoms with Crippen molar-refractivity contribution < 1.29 is 28.3 Å². The van der Waals surface area contributed by atoms with E-state index in [1.807, 2.05) is 60.7 Å². The Labute approximate surface area is 215 Å². The SMILES string of the molecule is NCCc1nc(C(=O)NC(CCCCNC(=O)OCc2ccccc2)C(=O)OCc2ccccc2)co1. The van der Waals surface area contributed by atoms with Crippen LogP contribution in [0.15, 0.2) is 71.3 Å². The van der Waals surface area contributed by atoms with E-state index in [4.69, 9.17) is 19.6 Å². The van der Waals surface area contributed by atoms with E-state index in [2.05, 4.69) is 15.6 Å². The van der Waals surface area contributed by atoms with E-state index in [0.29, 0.717) is 44.7 Å². The monoisotopic (exact) mass is 508 g/mol. The van der Waals surface area contributed by atoms with Crippen LogP contribution in [0.25, 0.3) is 0 Å². The first kappa shape index (κ1) is 27.4. The Hall–Kier alpha value is -4.18. The predicted molar refractivity (Wildman–Crippen MR) is 135 cm³/mol. The molecule has 1 heterocycles. The number of benzene rings is 2. The van der Waals surface area contributed by atoms with Crippen molar-refractivity contribution in [2.75, 3.05) is 13.1 Å². The van der Waals surface area contributed by atoms with Crippen LogP contribution in [0.4, 0.5) is 4.79 Å². The third-order valence-corrected chi connectivity index (χ3v) is 5.36. The molecule has 0 radical (unpaired) electrons. The maximum atomic E-state index is 12.8. The Morgan fingerprint density at radius 1 is 0.919 bits per heavy atom. The summed E-state index contributed by atoms with van der Waals surface area (Å²) in [5, 5.41) is 5.37. The second kappa shape index (κ2) is 15.0. The van der Waals surface area contributed by atoms with Crippen LogP contribution in [-0.4, -0.2) is 42.1 Å². The van der Waals surface area contributed by atoms with Gasteiger partial charge in [-0.1, -0.05) is 60.7 Å². The molecule has 0 bridgehead atoms. The summed E-state index contributed by atoms with van der Waals surface area (Å²) < 4.78 is 15.9. The molecule has 2 amide bonds. The first-order chi connectivity index (χ1) is 18.0. The van der Waals surface area contributed by atoms with Crippen LogP contribution < -0.4 is 16.4 Å². The molecule has 1 unspecified atom stereocenters. The lowest BCUT2D eigenvalue weighted by Gasteiger charge is -2.17. The molecule has 2 aromatic carbocycles. The number of alkyl carbamates (subject to hydrolysis) is 1. The molecule has 0 saturated carbocycles. The number of esters is 1. The fourth-order valence-corrected chi connectivity index (χ4v) is 3.40. The summed E-state index contributed by atoms with van der Waals surface area (Å²) >= 11 is 0. The molecule has 0 aliphatic rings. The van der Waals surface area contributed by atoms with Gasteiger partial charge in [-0.3, -0.25) is 4.79 Å². The van der Waals surface area contributed by atoms with Crippen molar-refractivity contribution in [3.8, 4) is 0 Å². The largest absolute Gasteiger partial charge is 0.459 e. The van der Waals surface area contributed by atoms with E-state index in [-0.39, 0.29) is 18.9 Å². The number of aromatic nitrogens is 1. The third-order valence-electron chi connectivity index (χ3n) is 5.36. The highest BCUT2D eigenvalue weighted by molar-refractivity contribution is 5.94. The molecule has 4 N–H and O–H groups in total. The zero-order chi connectivity index (χ0) is 26.3. The van der Waals surface area contributed by atoms with Gasteiger partial charge in [-0.15, -0.1) is 0 Å². The number of amides is 2. The second-order valence-electron chi connectivity index (χ2n) is 8.27. The van der Waals surface area contributed by atoms with E-state index in [0.717, 1.165) is 11.1 Å². The highest BCUT2D eigenvalue weighted by atomic mass is 16.5. The van der Waals surface area contributed by atoms with Crippen molar-refractivity contribution in [3.63, 3.8) is 0 Å². The molecular weight excluding hydrogens is 476 g/mol. The topological polar surface area (TPSA) is 146 Å². The van der Waals surface area contributed by atoms with Crippen molar-refractivity contribution >= 4 is 18.0 Å². The molecule has 0 saturated heterocycles. The summed E-state index contributed by atoms with van der Waals surface area (Å²) in [5.74, 6) is -0.754. The van der Waals surface area contributed by atoms with Crippen molar-refractivity contribution in [1.82, 2.24) is 15.6 Å². The molecule has 1 aromatic heterocycles. The van der Waals surface area contributed by atoms with Crippen LogP contribution in [0.2, 0.25) is 0 Å². The Kier molecular flexibility index (Phi) is 11.1. The molecule has 0 spiro atoms. The van der Waals surface area contributed by atoms with E-state index in [9.17, 15) is 14.4 Å². The van der Waals surface area contributed by atoms with Crippen LogP contribution in [-0.2, 0) is 33.9 Å². The minimum absolute atomic E-state index is 0.0622. The predicted octanol–water partition coefficient (Wildman–Crippen LogP) is 3.11. The van der Waals surface area contributed by atoms with Gasteiger partial charge in [-0.2, -0.15) is 0 Å². The number of nitrogens with one attached hydrogen (secondary N) is 2. The van der Waals surface area contributed by atoms with Crippen LogP contribution in [0, 0.1) is 0 Å². The number of nitrogens with zero attached hydrogens (tertiary/aromatic N) is 1. The molecule has 3 rings (SSSR count). The van der Waals surface area contributed by atoms with E-state index in [1.54, 1.807) is 0 Å². The Morgan fingerprint density at radius 3 is 2.22 bits per heavy atom. The average molecular weight is 509 g/mol. The van der Waals surface area contributed by atoms with Gasteiger partial charge in [0.05, 0.1) is 0 Å². The lowest BCUT2D eigenvalue weighted by atomic mass is 10.1. The molecule has 10 heteroatoms. The smallest absolute Gasteiger partial charge is 0.407 e. The van der Waals surface area contributed by atoms with Gasteiger partial charge < -0.3 is 30.3 Å². The molecule has 0 aliphatic heterocycles. The lowest BCUT2D eigenvalue weighted by Crippen LogP contribution is -2.42. The molecule has 0 aliphatic carbocycles. The summed E-state index contributed by atoms with van der Waals surface area (Å²) in [7, 11) is 0. The summed E-state index contributed by atoms with van der Waals surface area (Å²) in [5.41, 5.74) is 7.29. The number of unbranched alkanes of at least 4 members (excludes halogenated alkanes) is 1. The van der Waals surface area contributed by atoms with Gasteiger partial charge in [-0.25, -0.2) is 14.6 Å². The third kappa shape index (κ3) is 9.77. The van der Waals surface area contributed by atoms with Crippen LogP contribution in [0.1, 0.15) is 46.8 Å². The zero-order valence-electron chi connectivity index (χ0n) is 20.6. The zero-order valence-corrected chi connectivity index (χ0v) is 20.6. The number of hydrogen-bond acceptors (Lipinski definition) is 8. The molecule has 1 atom stereocenters. The maximum Gasteiger partial charge on any atom is 0.407 e. The van der Waals surface area contributed by atoms with E-state index < -0.39 is 24.0 Å². The van der Waals surface area contributed by atoms with Crippen LogP contribution >= 0.6 is 0 Å². The van der Waals surface area contributed by atoms with Gasteiger partial charge in [0.25, 0.3) is 5.91 Å². The van der Waals surface area contributed by atoms with Gasteiger partial charge in [0, 0.05) is 19.5 Å². The first-order valence-corrected chi connectivity index (χ1v) is 12.2. The highest BCUT2D eigenvalue weighted by Crippen LogP contribution is 2.09. The van der Waals surface area contributed by atoms with E-state index in [1.165, 1.54) is 6.26 Å². The van der Waals surface area contributed by atoms with Crippen LogP contribution in [0.3, 0.4) is 0 Å². The fourth-order valence-electron chi connectivity index (χ4n) is 3.40. The average Bonchev–Trinajstić information content (AvgIpc) is 3.40. The normalized spacial score (nSPS) is 11.4. The molecule has 10 nitrogen and oxygen atoms in total. The molecular formula is C27H32N4O6. The van der Waals surface area contributed by atoms with Crippen molar-refractivity contribution in [1.29, 1.82) is 0 Å². The minimum atomic E-state index is -0.893. The van der Waals surface area contributed by atoms with E-state index >= 15 is 0 Å².